The third-order valence-corrected chi connectivity index (χ3v) is 6.04. The van der Waals surface area contributed by atoms with Crippen LogP contribution in [0.15, 0.2) is 65.8 Å². The molecule has 0 atom stereocenters. The van der Waals surface area contributed by atoms with Crippen LogP contribution in [0.5, 0.6) is 0 Å². The number of para-hydroxylation sites is 1. The Hall–Kier alpha value is -3.70. The van der Waals surface area contributed by atoms with Gasteiger partial charge in [0.25, 0.3) is 0 Å². The molecule has 3 heterocycles. The van der Waals surface area contributed by atoms with Crippen LogP contribution in [0, 0.1) is 6.92 Å². The summed E-state index contributed by atoms with van der Waals surface area (Å²) in [6, 6.07) is 14.7. The fraction of sp³-hybridized carbons (Fsp3) is 0.185. The van der Waals surface area contributed by atoms with E-state index < -0.39 is 0 Å². The zero-order chi connectivity index (χ0) is 22.1. The number of fused-ring (bicyclic) bond motifs is 1. The molecule has 0 unspecified atom stereocenters. The number of nitrogens with zero attached hydrogens (tertiary/aromatic N) is 2. The maximum absolute atomic E-state index is 4.91. The van der Waals surface area contributed by atoms with E-state index >= 15 is 0 Å². The molecule has 0 amide bonds. The van der Waals surface area contributed by atoms with Gasteiger partial charge in [0.1, 0.15) is 5.69 Å². The zero-order valence-corrected chi connectivity index (χ0v) is 18.5. The summed E-state index contributed by atoms with van der Waals surface area (Å²) in [5, 5.41) is 12.7. The van der Waals surface area contributed by atoms with Crippen LogP contribution in [0.25, 0.3) is 46.3 Å². The highest BCUT2D eigenvalue weighted by Crippen LogP contribution is 2.29. The number of hydrogen-bond acceptors (Lipinski definition) is 3. The average molecular weight is 422 g/mol. The van der Waals surface area contributed by atoms with E-state index in [4.69, 9.17) is 4.98 Å². The molecule has 32 heavy (non-hydrogen) atoms. The second-order valence-electron chi connectivity index (χ2n) is 8.32. The predicted molar refractivity (Wildman–Crippen MR) is 132 cm³/mol. The summed E-state index contributed by atoms with van der Waals surface area (Å²) in [6.07, 6.45) is 7.51. The Morgan fingerprint density at radius 2 is 2.03 bits per heavy atom. The van der Waals surface area contributed by atoms with Crippen molar-refractivity contribution in [3.63, 3.8) is 0 Å². The molecule has 0 aliphatic carbocycles. The first-order valence-electron chi connectivity index (χ1n) is 11.0. The third-order valence-electron chi connectivity index (χ3n) is 6.04. The lowest BCUT2D eigenvalue weighted by Crippen LogP contribution is -2.22. The van der Waals surface area contributed by atoms with E-state index in [9.17, 15) is 0 Å². The molecule has 0 bridgehead atoms. The van der Waals surface area contributed by atoms with Gasteiger partial charge in [-0.15, -0.1) is 0 Å². The number of aromatic amines is 2. The van der Waals surface area contributed by atoms with Gasteiger partial charge in [0.2, 0.25) is 0 Å². The number of allylic oxidation sites excluding steroid dienone is 2. The van der Waals surface area contributed by atoms with Gasteiger partial charge in [-0.3, -0.25) is 5.10 Å². The van der Waals surface area contributed by atoms with E-state index in [1.165, 1.54) is 16.7 Å². The molecular formula is C27H27N5. The molecular weight excluding hydrogens is 394 g/mol. The van der Waals surface area contributed by atoms with E-state index in [-0.39, 0.29) is 0 Å². The standard InChI is InChI=1S/C27H27N5/c1-17-6-4-7-21(16-17)22-8-5-9-24-26(22)30-27(29-24)25-19(3)23(31-32-25)11-10-18(2)20-12-14-28-15-13-20/h4-12,16,28,31H,3,13-15H2,1-2H3,(H,29,30)/b18-10+,23-11+. The molecule has 0 radical (unpaired) electrons. The fourth-order valence-electron chi connectivity index (χ4n) is 4.20. The molecule has 5 rings (SSSR count). The normalized spacial score (nSPS) is 15.4. The van der Waals surface area contributed by atoms with Crippen molar-refractivity contribution in [2.24, 2.45) is 0 Å². The average Bonchev–Trinajstić information content (AvgIpc) is 3.41. The van der Waals surface area contributed by atoms with Crippen LogP contribution in [-0.4, -0.2) is 33.3 Å². The van der Waals surface area contributed by atoms with Crippen molar-refractivity contribution in [3.05, 3.63) is 81.9 Å². The van der Waals surface area contributed by atoms with Crippen molar-refractivity contribution in [2.45, 2.75) is 20.3 Å². The monoisotopic (exact) mass is 421 g/mol. The molecule has 1 aliphatic rings. The summed E-state index contributed by atoms with van der Waals surface area (Å²) in [7, 11) is 0. The van der Waals surface area contributed by atoms with Crippen LogP contribution in [0.3, 0.4) is 0 Å². The van der Waals surface area contributed by atoms with E-state index in [2.05, 4.69) is 95.6 Å². The molecule has 0 fully saturated rings. The van der Waals surface area contributed by atoms with Gasteiger partial charge >= 0.3 is 0 Å². The van der Waals surface area contributed by atoms with Gasteiger partial charge in [-0.1, -0.05) is 60.7 Å². The van der Waals surface area contributed by atoms with Gasteiger partial charge in [0, 0.05) is 17.3 Å². The van der Waals surface area contributed by atoms with E-state index in [1.807, 2.05) is 6.07 Å². The molecule has 2 aromatic heterocycles. The molecule has 0 spiro atoms. The van der Waals surface area contributed by atoms with Crippen LogP contribution in [0.2, 0.25) is 0 Å². The summed E-state index contributed by atoms with van der Waals surface area (Å²) in [5.41, 5.74) is 8.83. The van der Waals surface area contributed by atoms with Crippen molar-refractivity contribution in [1.29, 1.82) is 0 Å². The Balaban J connectivity index is 1.53. The zero-order valence-electron chi connectivity index (χ0n) is 18.5. The van der Waals surface area contributed by atoms with Crippen LogP contribution in [0.1, 0.15) is 18.9 Å². The number of H-pyrrole nitrogens is 2. The Bertz CT molecular complexity index is 1470. The van der Waals surface area contributed by atoms with Gasteiger partial charge < -0.3 is 10.3 Å². The first kappa shape index (κ1) is 20.2. The lowest BCUT2D eigenvalue weighted by Gasteiger charge is -2.13. The van der Waals surface area contributed by atoms with Crippen molar-refractivity contribution >= 4 is 23.7 Å². The summed E-state index contributed by atoms with van der Waals surface area (Å²) in [5.74, 6) is 0.725. The number of nitrogens with one attached hydrogen (secondary N) is 3. The fourth-order valence-corrected chi connectivity index (χ4v) is 4.20. The Kier molecular flexibility index (Phi) is 5.33. The molecule has 2 aromatic carbocycles. The van der Waals surface area contributed by atoms with Crippen molar-refractivity contribution in [3.8, 4) is 22.6 Å². The summed E-state index contributed by atoms with van der Waals surface area (Å²) in [6.45, 7) is 10.5. The van der Waals surface area contributed by atoms with Crippen LogP contribution < -0.4 is 15.9 Å². The van der Waals surface area contributed by atoms with Crippen LogP contribution >= 0.6 is 0 Å². The number of benzene rings is 2. The van der Waals surface area contributed by atoms with Gasteiger partial charge in [-0.25, -0.2) is 4.98 Å². The number of aromatic nitrogens is 4. The molecule has 1 aliphatic heterocycles. The second kappa shape index (κ2) is 8.44. The van der Waals surface area contributed by atoms with Gasteiger partial charge in [-0.05, 0) is 55.7 Å². The summed E-state index contributed by atoms with van der Waals surface area (Å²) >= 11 is 0. The van der Waals surface area contributed by atoms with Crippen molar-refractivity contribution < 1.29 is 0 Å². The maximum atomic E-state index is 4.91. The first-order valence-corrected chi connectivity index (χ1v) is 11.0. The summed E-state index contributed by atoms with van der Waals surface area (Å²) in [4.78, 5) is 8.34. The van der Waals surface area contributed by atoms with Gasteiger partial charge in [0.15, 0.2) is 5.82 Å². The second-order valence-corrected chi connectivity index (χ2v) is 8.32. The Morgan fingerprint density at radius 3 is 2.84 bits per heavy atom. The number of rotatable bonds is 4. The quantitative estimate of drug-likeness (QED) is 0.467. The van der Waals surface area contributed by atoms with E-state index in [0.717, 1.165) is 63.8 Å². The minimum Gasteiger partial charge on any atom is -0.337 e. The van der Waals surface area contributed by atoms with Crippen LogP contribution in [0.4, 0.5) is 0 Å². The Morgan fingerprint density at radius 1 is 1.16 bits per heavy atom. The molecule has 0 saturated carbocycles. The largest absolute Gasteiger partial charge is 0.337 e. The topological polar surface area (TPSA) is 69.4 Å². The summed E-state index contributed by atoms with van der Waals surface area (Å²) < 4.78 is 0. The first-order chi connectivity index (χ1) is 15.6. The van der Waals surface area contributed by atoms with E-state index in [0.29, 0.717) is 0 Å². The maximum Gasteiger partial charge on any atom is 0.159 e. The minimum absolute atomic E-state index is 0.725. The molecule has 160 valence electrons. The molecule has 5 nitrogen and oxygen atoms in total. The lowest BCUT2D eigenvalue weighted by molar-refractivity contribution is 0.707. The smallest absolute Gasteiger partial charge is 0.159 e. The van der Waals surface area contributed by atoms with Crippen molar-refractivity contribution in [1.82, 2.24) is 25.5 Å². The van der Waals surface area contributed by atoms with Crippen molar-refractivity contribution in [2.75, 3.05) is 13.1 Å². The molecule has 5 heteroatoms. The molecule has 3 N–H and O–H groups in total. The van der Waals surface area contributed by atoms with Crippen LogP contribution in [-0.2, 0) is 0 Å². The molecule has 4 aromatic rings. The Labute approximate surface area is 187 Å². The highest BCUT2D eigenvalue weighted by Gasteiger charge is 2.13. The lowest BCUT2D eigenvalue weighted by atomic mass is 10.0. The third kappa shape index (κ3) is 3.83. The number of aryl methyl sites for hydroxylation is 1. The van der Waals surface area contributed by atoms with E-state index in [1.54, 1.807) is 0 Å². The van der Waals surface area contributed by atoms with Gasteiger partial charge in [-0.2, -0.15) is 5.10 Å². The highest BCUT2D eigenvalue weighted by atomic mass is 15.1. The number of imidazole rings is 1. The predicted octanol–water partition coefficient (Wildman–Crippen LogP) is 3.99. The molecule has 0 saturated heterocycles. The van der Waals surface area contributed by atoms with Gasteiger partial charge in [0.05, 0.1) is 16.4 Å². The SMILES string of the molecule is C=c1c(-c2nc3c(-c4cccc(C)c4)cccc3[nH]2)n[nH]/c1=C/C=C(\C)C1=CCNCC1. The number of hydrogen-bond donors (Lipinski definition) is 3. The highest BCUT2D eigenvalue weighted by molar-refractivity contribution is 5.93. The minimum atomic E-state index is 0.725.